The van der Waals surface area contributed by atoms with Crippen molar-refractivity contribution in [1.82, 2.24) is 19.7 Å². The van der Waals surface area contributed by atoms with Gasteiger partial charge in [0.1, 0.15) is 11.6 Å². The summed E-state index contributed by atoms with van der Waals surface area (Å²) >= 11 is 1.33. The van der Waals surface area contributed by atoms with Gasteiger partial charge in [-0.1, -0.05) is 54.2 Å². The van der Waals surface area contributed by atoms with E-state index in [2.05, 4.69) is 10.2 Å². The molecule has 3 aromatic carbocycles. The number of ether oxygens (including phenoxy) is 1. The molecule has 0 aliphatic rings. The van der Waals surface area contributed by atoms with Gasteiger partial charge in [-0.05, 0) is 48.9 Å². The molecule has 0 aliphatic carbocycles. The Morgan fingerprint density at radius 2 is 1.82 bits per heavy atom. The van der Waals surface area contributed by atoms with Crippen molar-refractivity contribution in [3.63, 3.8) is 0 Å². The molecule has 6 nitrogen and oxygen atoms in total. The van der Waals surface area contributed by atoms with Gasteiger partial charge in [0.15, 0.2) is 11.0 Å². The third-order valence-corrected chi connectivity index (χ3v) is 6.32. The van der Waals surface area contributed by atoms with Gasteiger partial charge in [-0.2, -0.15) is 0 Å². The Hall–Kier alpha value is -3.65. The topological polar surface area (TPSA) is 60.3 Å². The predicted molar refractivity (Wildman–Crippen MR) is 132 cm³/mol. The van der Waals surface area contributed by atoms with Gasteiger partial charge >= 0.3 is 0 Å². The van der Waals surface area contributed by atoms with Crippen LogP contribution in [0.3, 0.4) is 0 Å². The zero-order chi connectivity index (χ0) is 24.1. The first-order valence-corrected chi connectivity index (χ1v) is 11.7. The Balaban J connectivity index is 1.61. The molecule has 34 heavy (non-hydrogen) atoms. The molecular formula is C26H25FN4O2S. The quantitative estimate of drug-likeness (QED) is 0.326. The third-order valence-electron chi connectivity index (χ3n) is 5.29. The number of amides is 1. The smallest absolute Gasteiger partial charge is 0.235 e. The van der Waals surface area contributed by atoms with Gasteiger partial charge < -0.3 is 9.64 Å². The molecule has 1 atom stereocenters. The molecule has 0 saturated carbocycles. The second kappa shape index (κ2) is 10.5. The fraction of sp³-hybridized carbons (Fsp3) is 0.192. The molecule has 0 saturated heterocycles. The largest absolute Gasteiger partial charge is 0.497 e. The molecule has 4 aromatic rings. The summed E-state index contributed by atoms with van der Waals surface area (Å²) in [4.78, 5) is 14.7. The van der Waals surface area contributed by atoms with Crippen LogP contribution in [0.4, 0.5) is 4.39 Å². The molecule has 0 fully saturated rings. The Kier molecular flexibility index (Phi) is 7.27. The number of hydrogen-bond donors (Lipinski definition) is 0. The molecule has 4 rings (SSSR count). The zero-order valence-corrected chi connectivity index (χ0v) is 20.0. The van der Waals surface area contributed by atoms with Crippen molar-refractivity contribution < 1.29 is 13.9 Å². The molecule has 1 amide bonds. The van der Waals surface area contributed by atoms with Gasteiger partial charge in [0.25, 0.3) is 0 Å². The summed E-state index contributed by atoms with van der Waals surface area (Å²) in [5.74, 6) is 0.971. The van der Waals surface area contributed by atoms with E-state index in [0.29, 0.717) is 17.5 Å². The number of carbonyl (C=O) groups excluding carboxylic acids is 1. The van der Waals surface area contributed by atoms with E-state index in [-0.39, 0.29) is 11.7 Å². The highest BCUT2D eigenvalue weighted by atomic mass is 32.2. The number of thioether (sulfide) groups is 1. The van der Waals surface area contributed by atoms with Crippen molar-refractivity contribution in [2.75, 3.05) is 14.2 Å². The van der Waals surface area contributed by atoms with Gasteiger partial charge in [-0.25, -0.2) is 4.39 Å². The summed E-state index contributed by atoms with van der Waals surface area (Å²) in [7, 11) is 3.34. The highest BCUT2D eigenvalue weighted by Crippen LogP contribution is 2.32. The van der Waals surface area contributed by atoms with Crippen LogP contribution in [-0.4, -0.2) is 45.0 Å². The first-order chi connectivity index (χ1) is 16.5. The predicted octanol–water partition coefficient (Wildman–Crippen LogP) is 5.22. The van der Waals surface area contributed by atoms with Crippen LogP contribution in [0.5, 0.6) is 5.75 Å². The van der Waals surface area contributed by atoms with E-state index in [1.165, 1.54) is 23.9 Å². The number of hydrogen-bond acceptors (Lipinski definition) is 5. The number of nitrogens with zero attached hydrogens (tertiary/aromatic N) is 4. The van der Waals surface area contributed by atoms with E-state index in [1.54, 1.807) is 31.2 Å². The number of aromatic nitrogens is 3. The third kappa shape index (κ3) is 5.28. The Labute approximate surface area is 202 Å². The summed E-state index contributed by atoms with van der Waals surface area (Å²) in [6, 6.07) is 23.7. The van der Waals surface area contributed by atoms with Crippen molar-refractivity contribution in [2.24, 2.45) is 0 Å². The Morgan fingerprint density at radius 3 is 2.56 bits per heavy atom. The summed E-state index contributed by atoms with van der Waals surface area (Å²) < 4.78 is 20.8. The van der Waals surface area contributed by atoms with Crippen LogP contribution in [-0.2, 0) is 11.3 Å². The minimum atomic E-state index is -0.427. The van der Waals surface area contributed by atoms with Crippen molar-refractivity contribution in [1.29, 1.82) is 0 Å². The standard InChI is InChI=1S/C26H25FN4O2S/c1-18(25(32)30(2)17-19-9-7-11-21(27)15-19)34-26-29-28-24(20-10-8-14-23(16-20)33-3)31(26)22-12-5-4-6-13-22/h4-16,18H,17H2,1-3H3/t18-/m1/s1. The lowest BCUT2D eigenvalue weighted by Crippen LogP contribution is -2.33. The number of para-hydroxylation sites is 1. The lowest BCUT2D eigenvalue weighted by atomic mass is 10.2. The molecule has 0 spiro atoms. The minimum absolute atomic E-state index is 0.0835. The van der Waals surface area contributed by atoms with Crippen LogP contribution in [0.1, 0.15) is 12.5 Å². The van der Waals surface area contributed by atoms with Crippen molar-refractivity contribution in [3.05, 3.63) is 90.2 Å². The SMILES string of the molecule is COc1cccc(-c2nnc(S[C@H](C)C(=O)N(C)Cc3cccc(F)c3)n2-c2ccccc2)c1. The molecule has 1 aromatic heterocycles. The van der Waals surface area contributed by atoms with Crippen molar-refractivity contribution in [3.8, 4) is 22.8 Å². The second-order valence-electron chi connectivity index (χ2n) is 7.79. The Bertz CT molecular complexity index is 1280. The molecule has 0 aliphatic heterocycles. The highest BCUT2D eigenvalue weighted by molar-refractivity contribution is 8.00. The van der Waals surface area contributed by atoms with Gasteiger partial charge in [-0.15, -0.1) is 10.2 Å². The van der Waals surface area contributed by atoms with Crippen LogP contribution in [0.25, 0.3) is 17.1 Å². The Morgan fingerprint density at radius 1 is 1.06 bits per heavy atom. The van der Waals surface area contributed by atoms with E-state index in [0.717, 1.165) is 22.6 Å². The van der Waals surface area contributed by atoms with Gasteiger partial charge in [-0.3, -0.25) is 9.36 Å². The van der Waals surface area contributed by atoms with Crippen LogP contribution >= 0.6 is 11.8 Å². The fourth-order valence-electron chi connectivity index (χ4n) is 3.61. The van der Waals surface area contributed by atoms with Gasteiger partial charge in [0.2, 0.25) is 5.91 Å². The van der Waals surface area contributed by atoms with E-state index in [4.69, 9.17) is 4.74 Å². The molecule has 0 N–H and O–H groups in total. The molecule has 174 valence electrons. The molecular weight excluding hydrogens is 451 g/mol. The van der Waals surface area contributed by atoms with Crippen LogP contribution in [0, 0.1) is 5.82 Å². The summed E-state index contributed by atoms with van der Waals surface area (Å²) in [5.41, 5.74) is 2.48. The van der Waals surface area contributed by atoms with E-state index >= 15 is 0 Å². The van der Waals surface area contributed by atoms with Crippen LogP contribution in [0.15, 0.2) is 84.0 Å². The summed E-state index contributed by atoms with van der Waals surface area (Å²) in [6.45, 7) is 2.16. The van der Waals surface area contributed by atoms with Gasteiger partial charge in [0, 0.05) is 24.8 Å². The average molecular weight is 477 g/mol. The summed E-state index contributed by atoms with van der Waals surface area (Å²) in [6.07, 6.45) is 0. The van der Waals surface area contributed by atoms with E-state index in [1.807, 2.05) is 66.1 Å². The molecule has 8 heteroatoms. The van der Waals surface area contributed by atoms with Gasteiger partial charge in [0.05, 0.1) is 12.4 Å². The average Bonchev–Trinajstić information content (AvgIpc) is 3.27. The van der Waals surface area contributed by atoms with Crippen LogP contribution in [0.2, 0.25) is 0 Å². The maximum Gasteiger partial charge on any atom is 0.235 e. The number of benzene rings is 3. The normalized spacial score (nSPS) is 11.8. The lowest BCUT2D eigenvalue weighted by molar-refractivity contribution is -0.129. The van der Waals surface area contributed by atoms with E-state index in [9.17, 15) is 9.18 Å². The molecule has 1 heterocycles. The summed E-state index contributed by atoms with van der Waals surface area (Å²) in [5, 5.41) is 9.03. The molecule has 0 radical (unpaired) electrons. The number of rotatable bonds is 8. The lowest BCUT2D eigenvalue weighted by Gasteiger charge is -2.21. The molecule has 0 bridgehead atoms. The minimum Gasteiger partial charge on any atom is -0.497 e. The van der Waals surface area contributed by atoms with Crippen molar-refractivity contribution in [2.45, 2.75) is 23.9 Å². The first-order valence-electron chi connectivity index (χ1n) is 10.8. The maximum absolute atomic E-state index is 13.5. The fourth-order valence-corrected chi connectivity index (χ4v) is 4.59. The number of methoxy groups -OCH3 is 1. The van der Waals surface area contributed by atoms with Crippen LogP contribution < -0.4 is 4.74 Å². The maximum atomic E-state index is 13.5. The highest BCUT2D eigenvalue weighted by Gasteiger charge is 2.24. The zero-order valence-electron chi connectivity index (χ0n) is 19.2. The number of halogens is 1. The van der Waals surface area contributed by atoms with Crippen molar-refractivity contribution >= 4 is 17.7 Å². The first kappa shape index (κ1) is 23.5. The number of carbonyl (C=O) groups is 1. The monoisotopic (exact) mass is 476 g/mol. The second-order valence-corrected chi connectivity index (χ2v) is 9.10. The molecule has 0 unspecified atom stereocenters. The van der Waals surface area contributed by atoms with E-state index < -0.39 is 5.25 Å².